The fraction of sp³-hybridized carbons (Fsp3) is 0.600. The molecule has 9 nitrogen and oxygen atoms in total. The van der Waals surface area contributed by atoms with Crippen LogP contribution in [0.3, 0.4) is 0 Å². The van der Waals surface area contributed by atoms with Crippen molar-refractivity contribution in [2.45, 2.75) is 18.9 Å². The molecule has 0 radical (unpaired) electrons. The molecule has 0 aliphatic heterocycles. The molecular formula is C10H17N3O6. The maximum atomic E-state index is 11.6. The summed E-state index contributed by atoms with van der Waals surface area (Å²) in [5.41, 5.74) is 0. The van der Waals surface area contributed by atoms with E-state index >= 15 is 0 Å². The molecule has 4 N–H and O–H groups in total. The topological polar surface area (TPSA) is 136 Å². The second-order valence-electron chi connectivity index (χ2n) is 3.78. The van der Waals surface area contributed by atoms with E-state index in [0.29, 0.717) is 0 Å². The van der Waals surface area contributed by atoms with Gasteiger partial charge in [-0.25, -0.2) is 9.59 Å². The Morgan fingerprint density at radius 2 is 1.79 bits per heavy atom. The molecule has 0 spiro atoms. The zero-order valence-electron chi connectivity index (χ0n) is 10.7. The van der Waals surface area contributed by atoms with Gasteiger partial charge >= 0.3 is 18.0 Å². The van der Waals surface area contributed by atoms with Gasteiger partial charge in [0.25, 0.3) is 0 Å². The fourth-order valence-corrected chi connectivity index (χ4v) is 1.13. The normalized spacial score (nSPS) is 11.3. The average molecular weight is 275 g/mol. The van der Waals surface area contributed by atoms with Gasteiger partial charge in [0.1, 0.15) is 6.04 Å². The molecule has 0 aromatic carbocycles. The Morgan fingerprint density at radius 1 is 1.21 bits per heavy atom. The maximum absolute atomic E-state index is 11.6. The molecule has 108 valence electrons. The van der Waals surface area contributed by atoms with E-state index in [2.05, 4.69) is 10.6 Å². The van der Waals surface area contributed by atoms with Crippen LogP contribution in [0.1, 0.15) is 12.8 Å². The third-order valence-electron chi connectivity index (χ3n) is 2.27. The predicted molar refractivity (Wildman–Crippen MR) is 63.5 cm³/mol. The smallest absolute Gasteiger partial charge is 0.326 e. The standard InChI is InChI=1S/C10H17N3O6/c1-11-7(14)3-4-13(2)10(19)12-6(9(17)18)5-8(15)16/h6H,3-5H2,1-2H3,(H,11,14)(H,12,19)(H,15,16)(H,17,18)/t6-/m0/s1. The molecule has 0 aliphatic carbocycles. The zero-order valence-corrected chi connectivity index (χ0v) is 10.7. The molecule has 0 saturated heterocycles. The summed E-state index contributed by atoms with van der Waals surface area (Å²) in [6.45, 7) is 0.0882. The van der Waals surface area contributed by atoms with Crippen LogP contribution in [0.25, 0.3) is 0 Å². The van der Waals surface area contributed by atoms with Gasteiger partial charge < -0.3 is 25.7 Å². The van der Waals surface area contributed by atoms with Gasteiger partial charge in [-0.05, 0) is 0 Å². The number of carboxylic acid groups (broad SMARTS) is 2. The molecule has 0 aliphatic rings. The Bertz CT molecular complexity index is 370. The minimum atomic E-state index is -1.51. The number of hydrogen-bond acceptors (Lipinski definition) is 4. The molecule has 0 aromatic heterocycles. The Labute approximate surface area is 109 Å². The quantitative estimate of drug-likeness (QED) is 0.455. The third kappa shape index (κ3) is 6.86. The summed E-state index contributed by atoms with van der Waals surface area (Å²) >= 11 is 0. The molecule has 9 heteroatoms. The largest absolute Gasteiger partial charge is 0.481 e. The molecule has 0 rings (SSSR count). The van der Waals surface area contributed by atoms with Crippen molar-refractivity contribution in [3.05, 3.63) is 0 Å². The Hall–Kier alpha value is -2.32. The second-order valence-corrected chi connectivity index (χ2v) is 3.78. The maximum Gasteiger partial charge on any atom is 0.326 e. The number of carboxylic acids is 2. The van der Waals surface area contributed by atoms with Gasteiger partial charge in [-0.1, -0.05) is 0 Å². The molecule has 0 bridgehead atoms. The number of amides is 3. The third-order valence-corrected chi connectivity index (χ3v) is 2.27. The summed E-state index contributed by atoms with van der Waals surface area (Å²) < 4.78 is 0. The first-order valence-corrected chi connectivity index (χ1v) is 5.44. The van der Waals surface area contributed by atoms with Crippen LogP contribution in [0.5, 0.6) is 0 Å². The van der Waals surface area contributed by atoms with Gasteiger partial charge in [-0.2, -0.15) is 0 Å². The van der Waals surface area contributed by atoms with Gasteiger partial charge in [-0.3, -0.25) is 9.59 Å². The van der Waals surface area contributed by atoms with Crippen LogP contribution in [-0.2, 0) is 14.4 Å². The van der Waals surface area contributed by atoms with Crippen LogP contribution in [0.2, 0.25) is 0 Å². The summed E-state index contributed by atoms with van der Waals surface area (Å²) in [4.78, 5) is 44.8. The van der Waals surface area contributed by atoms with E-state index in [1.807, 2.05) is 0 Å². The molecular weight excluding hydrogens is 258 g/mol. The lowest BCUT2D eigenvalue weighted by Crippen LogP contribution is -2.48. The van der Waals surface area contributed by atoms with Crippen LogP contribution < -0.4 is 10.6 Å². The molecule has 0 saturated carbocycles. The second kappa shape index (κ2) is 7.90. The van der Waals surface area contributed by atoms with Crippen LogP contribution in [0.15, 0.2) is 0 Å². The molecule has 0 unspecified atom stereocenters. The van der Waals surface area contributed by atoms with Crippen molar-refractivity contribution in [3.63, 3.8) is 0 Å². The molecule has 0 fully saturated rings. The van der Waals surface area contributed by atoms with Crippen molar-refractivity contribution in [2.75, 3.05) is 20.6 Å². The molecule has 0 aromatic rings. The first kappa shape index (κ1) is 16.7. The highest BCUT2D eigenvalue weighted by molar-refractivity contribution is 5.86. The molecule has 0 heterocycles. The Morgan fingerprint density at radius 3 is 2.21 bits per heavy atom. The van der Waals surface area contributed by atoms with Crippen molar-refractivity contribution < 1.29 is 29.4 Å². The van der Waals surface area contributed by atoms with Crippen molar-refractivity contribution in [1.82, 2.24) is 15.5 Å². The minimum absolute atomic E-state index is 0.0666. The highest BCUT2D eigenvalue weighted by Gasteiger charge is 2.24. The summed E-state index contributed by atoms with van der Waals surface area (Å²) in [5.74, 6) is -3.03. The monoisotopic (exact) mass is 275 g/mol. The lowest BCUT2D eigenvalue weighted by molar-refractivity contribution is -0.145. The van der Waals surface area contributed by atoms with Crippen LogP contribution in [-0.4, -0.2) is 65.7 Å². The van der Waals surface area contributed by atoms with Crippen LogP contribution in [0.4, 0.5) is 4.79 Å². The number of carbonyl (C=O) groups excluding carboxylic acids is 2. The van der Waals surface area contributed by atoms with Gasteiger partial charge in [0.05, 0.1) is 6.42 Å². The SMILES string of the molecule is CNC(=O)CCN(C)C(=O)N[C@@H](CC(=O)O)C(=O)O. The number of aliphatic carboxylic acids is 2. The number of urea groups is 1. The average Bonchev–Trinajstić information content (AvgIpc) is 2.33. The number of rotatable bonds is 7. The highest BCUT2D eigenvalue weighted by Crippen LogP contribution is 1.96. The van der Waals surface area contributed by atoms with Gasteiger partial charge in [0.2, 0.25) is 5.91 Å². The summed E-state index contributed by atoms with van der Waals surface area (Å²) in [5, 5.41) is 21.7. The number of nitrogens with zero attached hydrogens (tertiary/aromatic N) is 1. The number of carbonyl (C=O) groups is 4. The minimum Gasteiger partial charge on any atom is -0.481 e. The first-order chi connectivity index (χ1) is 8.77. The predicted octanol–water partition coefficient (Wildman–Crippen LogP) is -1.31. The number of hydrogen-bond donors (Lipinski definition) is 4. The van der Waals surface area contributed by atoms with E-state index in [1.54, 1.807) is 0 Å². The van der Waals surface area contributed by atoms with Crippen LogP contribution in [0, 0.1) is 0 Å². The summed E-state index contributed by atoms with van der Waals surface area (Å²) in [6, 6.07) is -2.26. The zero-order chi connectivity index (χ0) is 15.0. The van der Waals surface area contributed by atoms with Crippen molar-refractivity contribution in [3.8, 4) is 0 Å². The molecule has 3 amide bonds. The van der Waals surface area contributed by atoms with E-state index in [4.69, 9.17) is 10.2 Å². The number of nitrogens with one attached hydrogen (secondary N) is 2. The van der Waals surface area contributed by atoms with Crippen molar-refractivity contribution in [2.24, 2.45) is 0 Å². The van der Waals surface area contributed by atoms with Gasteiger partial charge in [-0.15, -0.1) is 0 Å². The summed E-state index contributed by atoms with van der Waals surface area (Å²) in [6.07, 6.45) is -0.651. The van der Waals surface area contributed by atoms with Gasteiger partial charge in [0.15, 0.2) is 0 Å². The van der Waals surface area contributed by atoms with Crippen molar-refractivity contribution >= 4 is 23.9 Å². The molecule has 19 heavy (non-hydrogen) atoms. The van der Waals surface area contributed by atoms with E-state index in [-0.39, 0.29) is 18.9 Å². The van der Waals surface area contributed by atoms with Crippen molar-refractivity contribution in [1.29, 1.82) is 0 Å². The Balaban J connectivity index is 4.35. The van der Waals surface area contributed by atoms with E-state index in [1.165, 1.54) is 14.1 Å². The first-order valence-electron chi connectivity index (χ1n) is 5.44. The van der Waals surface area contributed by atoms with E-state index < -0.39 is 30.4 Å². The highest BCUT2D eigenvalue weighted by atomic mass is 16.4. The fourth-order valence-electron chi connectivity index (χ4n) is 1.13. The van der Waals surface area contributed by atoms with E-state index in [9.17, 15) is 19.2 Å². The molecule has 1 atom stereocenters. The van der Waals surface area contributed by atoms with E-state index in [0.717, 1.165) is 4.90 Å². The lowest BCUT2D eigenvalue weighted by Gasteiger charge is -2.20. The summed E-state index contributed by atoms with van der Waals surface area (Å²) in [7, 11) is 2.83. The van der Waals surface area contributed by atoms with Crippen LogP contribution >= 0.6 is 0 Å². The van der Waals surface area contributed by atoms with Gasteiger partial charge in [0, 0.05) is 27.1 Å². The lowest BCUT2D eigenvalue weighted by atomic mass is 10.2. The Kier molecular flexibility index (Phi) is 6.94.